The number of likely N-dealkylation sites (N-methyl/N-ethyl adjacent to an activating group) is 1. The molecule has 0 saturated carbocycles. The lowest BCUT2D eigenvalue weighted by atomic mass is 10.3. The van der Waals surface area contributed by atoms with Crippen molar-refractivity contribution in [2.45, 2.75) is 12.8 Å². The largest absolute Gasteiger partial charge is 0.494 e. The number of amides is 2. The quantitative estimate of drug-likeness (QED) is 0.531. The molecule has 1 aromatic rings. The summed E-state index contributed by atoms with van der Waals surface area (Å²) in [6.07, 6.45) is 0.658. The average molecular weight is 322 g/mol. The van der Waals surface area contributed by atoms with Crippen LogP contribution in [0.1, 0.15) is 12.8 Å². The Bertz CT molecular complexity index is 516. The second-order valence-electron chi connectivity index (χ2n) is 4.99. The Morgan fingerprint density at radius 3 is 2.48 bits per heavy atom. The normalized spacial score (nSPS) is 9.83. The second kappa shape index (κ2) is 10.2. The van der Waals surface area contributed by atoms with Crippen LogP contribution in [0.2, 0.25) is 0 Å². The minimum atomic E-state index is -0.505. The summed E-state index contributed by atoms with van der Waals surface area (Å²) in [7, 11) is 3.18. The molecule has 0 saturated heterocycles. The lowest BCUT2D eigenvalue weighted by Crippen LogP contribution is -2.38. The number of esters is 1. The highest BCUT2D eigenvalue weighted by molar-refractivity contribution is 5.86. The number of hydrogen-bond donors (Lipinski definition) is 1. The highest BCUT2D eigenvalue weighted by atomic mass is 16.5. The fraction of sp³-hybridized carbons (Fsp3) is 0.438. The number of ether oxygens (including phenoxy) is 2. The van der Waals surface area contributed by atoms with Crippen molar-refractivity contribution in [3.05, 3.63) is 30.3 Å². The molecule has 0 fully saturated rings. The average Bonchev–Trinajstić information content (AvgIpc) is 2.55. The number of rotatable bonds is 9. The SMILES string of the molecule is CN(C)C(=O)CNC(=O)COC(=O)CCCOc1ccccc1. The molecule has 0 spiro atoms. The van der Waals surface area contributed by atoms with E-state index in [-0.39, 0.29) is 25.5 Å². The van der Waals surface area contributed by atoms with Gasteiger partial charge in [0.25, 0.3) is 5.91 Å². The first-order valence-electron chi connectivity index (χ1n) is 7.29. The summed E-state index contributed by atoms with van der Waals surface area (Å²) in [5, 5.41) is 2.38. The van der Waals surface area contributed by atoms with Crippen LogP contribution in [-0.4, -0.2) is 56.5 Å². The monoisotopic (exact) mass is 322 g/mol. The van der Waals surface area contributed by atoms with Gasteiger partial charge in [-0.05, 0) is 18.6 Å². The van der Waals surface area contributed by atoms with Gasteiger partial charge in [0.1, 0.15) is 5.75 Å². The Hall–Kier alpha value is -2.57. The Labute approximate surface area is 135 Å². The van der Waals surface area contributed by atoms with Crippen LogP contribution in [0, 0.1) is 0 Å². The molecule has 1 N–H and O–H groups in total. The summed E-state index contributed by atoms with van der Waals surface area (Å²) in [5.74, 6) is -0.474. The van der Waals surface area contributed by atoms with E-state index < -0.39 is 11.9 Å². The van der Waals surface area contributed by atoms with Gasteiger partial charge in [-0.2, -0.15) is 0 Å². The van der Waals surface area contributed by atoms with Crippen molar-refractivity contribution in [1.82, 2.24) is 10.2 Å². The smallest absolute Gasteiger partial charge is 0.306 e. The van der Waals surface area contributed by atoms with Crippen LogP contribution in [-0.2, 0) is 19.1 Å². The van der Waals surface area contributed by atoms with Gasteiger partial charge in [0.2, 0.25) is 5.91 Å². The lowest BCUT2D eigenvalue weighted by molar-refractivity contribution is -0.148. The summed E-state index contributed by atoms with van der Waals surface area (Å²) in [6, 6.07) is 9.28. The van der Waals surface area contributed by atoms with Crippen molar-refractivity contribution in [3.8, 4) is 5.75 Å². The molecule has 2 amide bonds. The van der Waals surface area contributed by atoms with Gasteiger partial charge in [0, 0.05) is 20.5 Å². The molecule has 0 radical (unpaired) electrons. The number of para-hydroxylation sites is 1. The minimum Gasteiger partial charge on any atom is -0.494 e. The molecule has 0 aliphatic heterocycles. The molecule has 0 aliphatic rings. The number of hydrogen-bond acceptors (Lipinski definition) is 5. The van der Waals surface area contributed by atoms with E-state index >= 15 is 0 Å². The van der Waals surface area contributed by atoms with Crippen molar-refractivity contribution < 1.29 is 23.9 Å². The number of benzene rings is 1. The van der Waals surface area contributed by atoms with E-state index in [0.717, 1.165) is 5.75 Å². The first-order valence-corrected chi connectivity index (χ1v) is 7.29. The van der Waals surface area contributed by atoms with Gasteiger partial charge in [0.15, 0.2) is 6.61 Å². The van der Waals surface area contributed by atoms with Gasteiger partial charge in [-0.3, -0.25) is 14.4 Å². The summed E-state index contributed by atoms with van der Waals surface area (Å²) in [5.41, 5.74) is 0. The van der Waals surface area contributed by atoms with Crippen molar-refractivity contribution in [3.63, 3.8) is 0 Å². The van der Waals surface area contributed by atoms with Gasteiger partial charge >= 0.3 is 5.97 Å². The van der Waals surface area contributed by atoms with Crippen molar-refractivity contribution in [2.24, 2.45) is 0 Å². The summed E-state index contributed by atoms with van der Waals surface area (Å²) >= 11 is 0. The topological polar surface area (TPSA) is 84.9 Å². The molecule has 0 heterocycles. The fourth-order valence-corrected chi connectivity index (χ4v) is 1.52. The molecule has 0 bridgehead atoms. The molecular weight excluding hydrogens is 300 g/mol. The zero-order valence-electron chi connectivity index (χ0n) is 13.4. The molecule has 0 aromatic heterocycles. The highest BCUT2D eigenvalue weighted by Gasteiger charge is 2.10. The van der Waals surface area contributed by atoms with Crippen LogP contribution in [0.15, 0.2) is 30.3 Å². The molecule has 7 nitrogen and oxygen atoms in total. The maximum atomic E-state index is 11.5. The van der Waals surface area contributed by atoms with Crippen molar-refractivity contribution in [1.29, 1.82) is 0 Å². The van der Waals surface area contributed by atoms with Crippen molar-refractivity contribution >= 4 is 17.8 Å². The zero-order chi connectivity index (χ0) is 17.1. The highest BCUT2D eigenvalue weighted by Crippen LogP contribution is 2.08. The lowest BCUT2D eigenvalue weighted by Gasteiger charge is -2.11. The van der Waals surface area contributed by atoms with Crippen LogP contribution >= 0.6 is 0 Å². The van der Waals surface area contributed by atoms with E-state index in [9.17, 15) is 14.4 Å². The minimum absolute atomic E-state index is 0.117. The molecule has 23 heavy (non-hydrogen) atoms. The van der Waals surface area contributed by atoms with E-state index in [1.54, 1.807) is 14.1 Å². The molecule has 0 aliphatic carbocycles. The standard InChI is InChI=1S/C16H22N2O5/c1-18(2)15(20)11-17-14(19)12-23-16(21)9-6-10-22-13-7-4-3-5-8-13/h3-5,7-8H,6,9-12H2,1-2H3,(H,17,19). The Balaban J connectivity index is 2.07. The predicted molar refractivity (Wildman–Crippen MR) is 83.8 cm³/mol. The Kier molecular flexibility index (Phi) is 8.20. The van der Waals surface area contributed by atoms with Crippen LogP contribution < -0.4 is 10.1 Å². The van der Waals surface area contributed by atoms with Gasteiger partial charge in [-0.15, -0.1) is 0 Å². The van der Waals surface area contributed by atoms with Gasteiger partial charge < -0.3 is 19.7 Å². The number of nitrogens with zero attached hydrogens (tertiary/aromatic N) is 1. The molecule has 0 unspecified atom stereocenters. The summed E-state index contributed by atoms with van der Waals surface area (Å²) in [4.78, 5) is 35.5. The maximum absolute atomic E-state index is 11.5. The third kappa shape index (κ3) is 8.45. The van der Waals surface area contributed by atoms with Gasteiger partial charge in [0.05, 0.1) is 13.2 Å². The second-order valence-corrected chi connectivity index (χ2v) is 4.99. The first-order chi connectivity index (χ1) is 11.0. The summed E-state index contributed by atoms with van der Waals surface area (Å²) in [6.45, 7) is -0.115. The summed E-state index contributed by atoms with van der Waals surface area (Å²) < 4.78 is 10.3. The van der Waals surface area contributed by atoms with Crippen molar-refractivity contribution in [2.75, 3.05) is 33.9 Å². The van der Waals surface area contributed by atoms with Crippen LogP contribution in [0.5, 0.6) is 5.75 Å². The first kappa shape index (κ1) is 18.5. The molecule has 7 heteroatoms. The fourth-order valence-electron chi connectivity index (χ4n) is 1.52. The van der Waals surface area contributed by atoms with Crippen LogP contribution in [0.3, 0.4) is 0 Å². The Morgan fingerprint density at radius 1 is 1.13 bits per heavy atom. The maximum Gasteiger partial charge on any atom is 0.306 e. The third-order valence-electron chi connectivity index (χ3n) is 2.84. The molecular formula is C16H22N2O5. The molecule has 1 rings (SSSR count). The van der Waals surface area contributed by atoms with E-state index in [0.29, 0.717) is 13.0 Å². The van der Waals surface area contributed by atoms with Gasteiger partial charge in [-0.25, -0.2) is 0 Å². The van der Waals surface area contributed by atoms with E-state index in [2.05, 4.69) is 5.32 Å². The number of nitrogens with one attached hydrogen (secondary N) is 1. The van der Waals surface area contributed by atoms with Crippen LogP contribution in [0.4, 0.5) is 0 Å². The molecule has 1 aromatic carbocycles. The predicted octanol–water partition coefficient (Wildman–Crippen LogP) is 0.593. The van der Waals surface area contributed by atoms with E-state index in [1.165, 1.54) is 4.90 Å². The Morgan fingerprint density at radius 2 is 1.83 bits per heavy atom. The molecule has 126 valence electrons. The third-order valence-corrected chi connectivity index (χ3v) is 2.84. The number of carbonyl (C=O) groups excluding carboxylic acids is 3. The van der Waals surface area contributed by atoms with E-state index in [4.69, 9.17) is 9.47 Å². The van der Waals surface area contributed by atoms with Gasteiger partial charge in [-0.1, -0.05) is 18.2 Å². The number of carbonyl (C=O) groups is 3. The molecule has 0 atom stereocenters. The van der Waals surface area contributed by atoms with Crippen LogP contribution in [0.25, 0.3) is 0 Å². The zero-order valence-corrected chi connectivity index (χ0v) is 13.4. The van der Waals surface area contributed by atoms with E-state index in [1.807, 2.05) is 30.3 Å².